The van der Waals surface area contributed by atoms with Crippen LogP contribution in [0.1, 0.15) is 19.8 Å². The molecule has 0 aromatic heterocycles. The molecule has 4 heteroatoms. The van der Waals surface area contributed by atoms with E-state index >= 15 is 0 Å². The molecule has 0 saturated heterocycles. The highest BCUT2D eigenvalue weighted by Crippen LogP contribution is 1.91. The molecule has 0 aliphatic heterocycles. The summed E-state index contributed by atoms with van der Waals surface area (Å²) in [6, 6.07) is 0. The third-order valence-corrected chi connectivity index (χ3v) is 2.29. The first-order valence-electron chi connectivity index (χ1n) is 3.20. The van der Waals surface area contributed by atoms with E-state index in [-0.39, 0.29) is 0 Å². The Morgan fingerprint density at radius 1 is 1.70 bits per heavy atom. The molecule has 0 rings (SSSR count). The van der Waals surface area contributed by atoms with E-state index in [4.69, 9.17) is 0 Å². The monoisotopic (exact) mass is 177 g/mol. The molecule has 0 spiro atoms. The zero-order valence-corrected chi connectivity index (χ0v) is 7.63. The van der Waals surface area contributed by atoms with Crippen molar-refractivity contribution in [2.75, 3.05) is 11.6 Å². The fraction of sp³-hybridized carbons (Fsp3) is 0.833. The predicted molar refractivity (Wildman–Crippen MR) is 47.8 cm³/mol. The van der Waals surface area contributed by atoms with E-state index in [0.717, 1.165) is 18.6 Å². The van der Waals surface area contributed by atoms with E-state index in [9.17, 15) is 4.21 Å². The van der Waals surface area contributed by atoms with Gasteiger partial charge in [0.15, 0.2) is 0 Å². The van der Waals surface area contributed by atoms with E-state index in [1.165, 1.54) is 0 Å². The smallest absolute Gasteiger partial charge is 0.124 e. The maximum absolute atomic E-state index is 10.9. The largest absolute Gasteiger partial charge is 0.258 e. The van der Waals surface area contributed by atoms with Gasteiger partial charge in [0.25, 0.3) is 0 Å². The lowest BCUT2D eigenvalue weighted by Crippen LogP contribution is -1.99. The fourth-order valence-corrected chi connectivity index (χ4v) is 1.56. The Kier molecular flexibility index (Phi) is 7.03. The molecule has 0 saturated carbocycles. The molecule has 0 heterocycles. The van der Waals surface area contributed by atoms with Crippen LogP contribution in [-0.2, 0) is 10.8 Å². The second kappa shape index (κ2) is 7.06. The number of rotatable bonds is 5. The average Bonchev–Trinajstić information content (AvgIpc) is 1.97. The minimum Gasteiger partial charge on any atom is -0.258 e. The Morgan fingerprint density at radius 3 is 2.90 bits per heavy atom. The number of unbranched alkanes of at least 4 members (excludes halogenated alkanes) is 1. The summed E-state index contributed by atoms with van der Waals surface area (Å²) in [4.78, 5) is 3.59. The molecule has 0 radical (unpaired) electrons. The second-order valence-corrected chi connectivity index (χ2v) is 3.60. The van der Waals surface area contributed by atoms with Crippen molar-refractivity contribution < 1.29 is 4.21 Å². The molecule has 0 bridgehead atoms. The number of hydrogen-bond donors (Lipinski definition) is 0. The fourth-order valence-electron chi connectivity index (χ4n) is 0.468. The molecule has 0 aliphatic carbocycles. The molecule has 10 heavy (non-hydrogen) atoms. The summed E-state index contributed by atoms with van der Waals surface area (Å²) in [5, 5.41) is 2.19. The molecule has 0 aromatic carbocycles. The quantitative estimate of drug-likeness (QED) is 0.471. The number of isothiocyanates is 1. The molecule has 0 amide bonds. The minimum absolute atomic E-state index is 0.323. The van der Waals surface area contributed by atoms with Crippen LogP contribution in [0.5, 0.6) is 0 Å². The summed E-state index contributed by atoms with van der Waals surface area (Å²) in [6.45, 7) is 2.07. The number of nitrogens with zero attached hydrogens (tertiary/aromatic N) is 1. The average molecular weight is 177 g/mol. The molecular weight excluding hydrogens is 166 g/mol. The van der Waals surface area contributed by atoms with Crippen molar-refractivity contribution in [3.63, 3.8) is 0 Å². The van der Waals surface area contributed by atoms with Gasteiger partial charge < -0.3 is 0 Å². The van der Waals surface area contributed by atoms with Crippen molar-refractivity contribution in [2.24, 2.45) is 4.99 Å². The summed E-state index contributed by atoms with van der Waals surface area (Å²) in [5.41, 5.74) is 0. The molecule has 58 valence electrons. The summed E-state index contributed by atoms with van der Waals surface area (Å²) in [5.74, 6) is 1.06. The zero-order valence-electron chi connectivity index (χ0n) is 6.00. The van der Waals surface area contributed by atoms with Gasteiger partial charge in [-0.1, -0.05) is 13.3 Å². The van der Waals surface area contributed by atoms with Gasteiger partial charge in [-0.05, 0) is 18.6 Å². The highest BCUT2D eigenvalue weighted by atomic mass is 32.2. The van der Waals surface area contributed by atoms with Crippen LogP contribution in [0, 0.1) is 0 Å². The van der Waals surface area contributed by atoms with Gasteiger partial charge in [0.2, 0.25) is 0 Å². The van der Waals surface area contributed by atoms with E-state index in [1.54, 1.807) is 0 Å². The van der Waals surface area contributed by atoms with Crippen molar-refractivity contribution in [1.82, 2.24) is 0 Å². The van der Waals surface area contributed by atoms with Crippen LogP contribution in [-0.4, -0.2) is 21.0 Å². The van der Waals surface area contributed by atoms with Gasteiger partial charge in [-0.25, -0.2) is 4.99 Å². The Balaban J connectivity index is 3.34. The normalized spacial score (nSPS) is 12.1. The Hall–Kier alpha value is -0.0500. The highest BCUT2D eigenvalue weighted by molar-refractivity contribution is 7.85. The van der Waals surface area contributed by atoms with Crippen molar-refractivity contribution in [1.29, 1.82) is 0 Å². The first kappa shape index (κ1) is 9.95. The van der Waals surface area contributed by atoms with Crippen LogP contribution in [0.15, 0.2) is 4.99 Å². The SMILES string of the molecule is CCCCS(=O)CN=C=S. The Bertz CT molecular complexity index is 152. The number of hydrogen-bond acceptors (Lipinski definition) is 3. The molecule has 0 N–H and O–H groups in total. The van der Waals surface area contributed by atoms with Crippen LogP contribution >= 0.6 is 12.2 Å². The van der Waals surface area contributed by atoms with Crippen LogP contribution in [0.2, 0.25) is 0 Å². The third-order valence-electron chi connectivity index (χ3n) is 0.999. The summed E-state index contributed by atoms with van der Waals surface area (Å²) in [6.07, 6.45) is 2.08. The Morgan fingerprint density at radius 2 is 2.40 bits per heavy atom. The van der Waals surface area contributed by atoms with Crippen LogP contribution in [0.3, 0.4) is 0 Å². The van der Waals surface area contributed by atoms with Crippen LogP contribution in [0.25, 0.3) is 0 Å². The maximum Gasteiger partial charge on any atom is 0.124 e. The standard InChI is InChI=1S/C6H11NOS2/c1-2-3-4-10(8)6-7-5-9/h2-4,6H2,1H3. The van der Waals surface area contributed by atoms with Gasteiger partial charge in [0.05, 0.1) is 5.16 Å². The zero-order chi connectivity index (χ0) is 7.82. The predicted octanol–water partition coefficient (Wildman–Crippen LogP) is 1.60. The van der Waals surface area contributed by atoms with Crippen molar-refractivity contribution >= 4 is 28.2 Å². The van der Waals surface area contributed by atoms with Crippen LogP contribution < -0.4 is 0 Å². The van der Waals surface area contributed by atoms with Gasteiger partial charge in [-0.15, -0.1) is 0 Å². The lowest BCUT2D eigenvalue weighted by Gasteiger charge is -1.93. The van der Waals surface area contributed by atoms with Gasteiger partial charge in [-0.2, -0.15) is 0 Å². The summed E-state index contributed by atoms with van der Waals surface area (Å²) < 4.78 is 10.9. The van der Waals surface area contributed by atoms with Crippen molar-refractivity contribution in [3.8, 4) is 0 Å². The van der Waals surface area contributed by atoms with E-state index in [0.29, 0.717) is 5.88 Å². The second-order valence-electron chi connectivity index (χ2n) is 1.88. The van der Waals surface area contributed by atoms with E-state index < -0.39 is 10.8 Å². The van der Waals surface area contributed by atoms with Gasteiger partial charge in [0, 0.05) is 16.6 Å². The molecule has 0 fully saturated rings. The van der Waals surface area contributed by atoms with Crippen molar-refractivity contribution in [2.45, 2.75) is 19.8 Å². The van der Waals surface area contributed by atoms with E-state index in [1.807, 2.05) is 0 Å². The van der Waals surface area contributed by atoms with E-state index in [2.05, 4.69) is 29.3 Å². The van der Waals surface area contributed by atoms with Crippen LogP contribution in [0.4, 0.5) is 0 Å². The molecular formula is C6H11NOS2. The first-order valence-corrected chi connectivity index (χ1v) is 5.09. The lowest BCUT2D eigenvalue weighted by atomic mass is 10.4. The van der Waals surface area contributed by atoms with Gasteiger partial charge in [0.1, 0.15) is 5.88 Å². The van der Waals surface area contributed by atoms with Crippen molar-refractivity contribution in [3.05, 3.63) is 0 Å². The molecule has 1 unspecified atom stereocenters. The molecule has 0 aromatic rings. The Labute approximate surface area is 69.2 Å². The summed E-state index contributed by atoms with van der Waals surface area (Å²) in [7, 11) is -0.816. The first-order chi connectivity index (χ1) is 4.81. The van der Waals surface area contributed by atoms with Gasteiger partial charge in [-0.3, -0.25) is 4.21 Å². The summed E-state index contributed by atoms with van der Waals surface area (Å²) >= 11 is 4.33. The molecule has 1 atom stereocenters. The number of aliphatic imine (C=N–C) groups is 1. The molecule has 2 nitrogen and oxygen atoms in total. The molecule has 0 aliphatic rings. The van der Waals surface area contributed by atoms with Gasteiger partial charge >= 0.3 is 0 Å². The highest BCUT2D eigenvalue weighted by Gasteiger charge is 1.94. The number of thiocarbonyl (C=S) groups is 1. The topological polar surface area (TPSA) is 29.4 Å². The lowest BCUT2D eigenvalue weighted by molar-refractivity contribution is 0.680. The minimum atomic E-state index is -0.816. The maximum atomic E-state index is 10.9. The third kappa shape index (κ3) is 6.08.